The molecule has 0 aromatic carbocycles. The molecule has 80 valence electrons. The van der Waals surface area contributed by atoms with Gasteiger partial charge in [-0.05, 0) is 18.6 Å². The van der Waals surface area contributed by atoms with Crippen LogP contribution in [0.3, 0.4) is 0 Å². The van der Waals surface area contributed by atoms with Crippen molar-refractivity contribution < 1.29 is 4.79 Å². The number of rotatable bonds is 2. The van der Waals surface area contributed by atoms with Crippen molar-refractivity contribution in [2.45, 2.75) is 19.4 Å². The first-order valence-electron chi connectivity index (χ1n) is 5.23. The Morgan fingerprint density at radius 1 is 1.44 bits per heavy atom. The van der Waals surface area contributed by atoms with E-state index in [1.807, 2.05) is 23.0 Å². The van der Waals surface area contributed by atoms with Gasteiger partial charge in [0.1, 0.15) is 5.78 Å². The first kappa shape index (κ1) is 9.27. The standard InChI is InChI=1S/C12H11N3O/c1-8(16)4-11-9-2-3-13-5-10(9)12-6-14-7-15(11)12/h2-3,5-7,11H,4H2,1H3. The minimum atomic E-state index is 0.0907. The fraction of sp³-hybridized carbons (Fsp3) is 0.250. The molecule has 0 bridgehead atoms. The lowest BCUT2D eigenvalue weighted by Crippen LogP contribution is -2.08. The Kier molecular flexibility index (Phi) is 1.89. The van der Waals surface area contributed by atoms with E-state index in [1.165, 1.54) is 5.56 Å². The summed E-state index contributed by atoms with van der Waals surface area (Å²) in [5.41, 5.74) is 3.31. The third kappa shape index (κ3) is 1.19. The molecule has 2 aromatic rings. The molecule has 0 N–H and O–H groups in total. The molecule has 0 fully saturated rings. The maximum absolute atomic E-state index is 11.3. The SMILES string of the molecule is CC(=O)CC1c2ccncc2-c2cncn21. The summed E-state index contributed by atoms with van der Waals surface area (Å²) in [4.78, 5) is 19.5. The molecule has 1 aliphatic heterocycles. The van der Waals surface area contributed by atoms with E-state index in [-0.39, 0.29) is 11.8 Å². The van der Waals surface area contributed by atoms with Gasteiger partial charge in [-0.2, -0.15) is 0 Å². The zero-order chi connectivity index (χ0) is 11.1. The molecule has 0 saturated carbocycles. The Balaban J connectivity index is 2.17. The Labute approximate surface area is 93.0 Å². The van der Waals surface area contributed by atoms with E-state index in [9.17, 15) is 4.79 Å². The highest BCUT2D eigenvalue weighted by atomic mass is 16.1. The number of imidazole rings is 1. The second-order valence-corrected chi connectivity index (χ2v) is 4.07. The topological polar surface area (TPSA) is 47.8 Å². The first-order chi connectivity index (χ1) is 7.77. The third-order valence-electron chi connectivity index (χ3n) is 2.97. The second kappa shape index (κ2) is 3.27. The van der Waals surface area contributed by atoms with E-state index in [4.69, 9.17) is 0 Å². The summed E-state index contributed by atoms with van der Waals surface area (Å²) >= 11 is 0. The average Bonchev–Trinajstić information content (AvgIpc) is 2.82. The molecule has 0 spiro atoms. The summed E-state index contributed by atoms with van der Waals surface area (Å²) in [6.45, 7) is 1.62. The molecule has 3 rings (SSSR count). The highest BCUT2D eigenvalue weighted by Crippen LogP contribution is 2.39. The average molecular weight is 213 g/mol. The zero-order valence-electron chi connectivity index (χ0n) is 8.92. The van der Waals surface area contributed by atoms with E-state index in [0.29, 0.717) is 6.42 Å². The monoisotopic (exact) mass is 213 g/mol. The summed E-state index contributed by atoms with van der Waals surface area (Å²) in [5.74, 6) is 0.189. The van der Waals surface area contributed by atoms with E-state index in [1.54, 1.807) is 19.4 Å². The van der Waals surface area contributed by atoms with Crippen molar-refractivity contribution in [3.05, 3.63) is 36.5 Å². The van der Waals surface area contributed by atoms with Crippen LogP contribution in [0, 0.1) is 0 Å². The number of aromatic nitrogens is 3. The molecule has 4 nitrogen and oxygen atoms in total. The van der Waals surface area contributed by atoms with Gasteiger partial charge < -0.3 is 4.57 Å². The molecule has 0 saturated heterocycles. The first-order valence-corrected chi connectivity index (χ1v) is 5.23. The van der Waals surface area contributed by atoms with Gasteiger partial charge in [-0.15, -0.1) is 0 Å². The number of carbonyl (C=O) groups is 1. The molecule has 1 unspecified atom stereocenters. The Morgan fingerprint density at radius 3 is 3.12 bits per heavy atom. The van der Waals surface area contributed by atoms with Crippen molar-refractivity contribution in [1.29, 1.82) is 0 Å². The van der Waals surface area contributed by atoms with Gasteiger partial charge in [-0.1, -0.05) is 0 Å². The van der Waals surface area contributed by atoms with Gasteiger partial charge in [0.15, 0.2) is 0 Å². The number of hydrogen-bond acceptors (Lipinski definition) is 3. The maximum atomic E-state index is 11.3. The van der Waals surface area contributed by atoms with Crippen molar-refractivity contribution in [1.82, 2.24) is 14.5 Å². The molecule has 0 amide bonds. The van der Waals surface area contributed by atoms with Crippen LogP contribution in [-0.4, -0.2) is 20.3 Å². The number of fused-ring (bicyclic) bond motifs is 3. The van der Waals surface area contributed by atoms with Gasteiger partial charge in [-0.3, -0.25) is 9.78 Å². The predicted octanol–water partition coefficient (Wildman–Crippen LogP) is 1.83. The number of hydrogen-bond donors (Lipinski definition) is 0. The summed E-state index contributed by atoms with van der Waals surface area (Å²) in [6, 6.07) is 2.07. The van der Waals surface area contributed by atoms with Crippen LogP contribution in [0.1, 0.15) is 24.9 Å². The molecule has 0 radical (unpaired) electrons. The van der Waals surface area contributed by atoms with Crippen LogP contribution < -0.4 is 0 Å². The van der Waals surface area contributed by atoms with Crippen LogP contribution in [-0.2, 0) is 4.79 Å². The van der Waals surface area contributed by atoms with Crippen LogP contribution in [0.5, 0.6) is 0 Å². The fourth-order valence-electron chi connectivity index (χ4n) is 2.30. The summed E-state index contributed by atoms with van der Waals surface area (Å²) < 4.78 is 2.05. The maximum Gasteiger partial charge on any atom is 0.132 e. The van der Waals surface area contributed by atoms with Crippen LogP contribution in [0.4, 0.5) is 0 Å². The molecule has 16 heavy (non-hydrogen) atoms. The smallest absolute Gasteiger partial charge is 0.132 e. The lowest BCUT2D eigenvalue weighted by molar-refractivity contribution is -0.117. The summed E-state index contributed by atoms with van der Waals surface area (Å²) in [6.07, 6.45) is 7.72. The molecule has 0 aliphatic carbocycles. The van der Waals surface area contributed by atoms with Crippen LogP contribution in [0.15, 0.2) is 31.0 Å². The quantitative estimate of drug-likeness (QED) is 0.764. The number of pyridine rings is 1. The van der Waals surface area contributed by atoms with Crippen LogP contribution >= 0.6 is 0 Å². The van der Waals surface area contributed by atoms with Crippen molar-refractivity contribution in [2.75, 3.05) is 0 Å². The number of Topliss-reactive ketones (excluding diaryl/α,β-unsaturated/α-hetero) is 1. The summed E-state index contributed by atoms with van der Waals surface area (Å²) in [5, 5.41) is 0. The normalized spacial score (nSPS) is 16.9. The molecular formula is C12H11N3O. The highest BCUT2D eigenvalue weighted by molar-refractivity contribution is 5.78. The van der Waals surface area contributed by atoms with Gasteiger partial charge in [0.05, 0.1) is 24.3 Å². The van der Waals surface area contributed by atoms with Crippen molar-refractivity contribution in [2.24, 2.45) is 0 Å². The third-order valence-corrected chi connectivity index (χ3v) is 2.97. The van der Waals surface area contributed by atoms with Crippen LogP contribution in [0.25, 0.3) is 11.3 Å². The van der Waals surface area contributed by atoms with Gasteiger partial charge in [0.2, 0.25) is 0 Å². The van der Waals surface area contributed by atoms with Crippen molar-refractivity contribution >= 4 is 5.78 Å². The Hall–Kier alpha value is -1.97. The minimum Gasteiger partial charge on any atom is -0.322 e. The molecule has 4 heteroatoms. The largest absolute Gasteiger partial charge is 0.322 e. The fourth-order valence-corrected chi connectivity index (χ4v) is 2.30. The van der Waals surface area contributed by atoms with Crippen LogP contribution in [0.2, 0.25) is 0 Å². The van der Waals surface area contributed by atoms with Gasteiger partial charge in [-0.25, -0.2) is 4.98 Å². The molecular weight excluding hydrogens is 202 g/mol. The lowest BCUT2D eigenvalue weighted by atomic mass is 10.0. The van der Waals surface area contributed by atoms with E-state index >= 15 is 0 Å². The van der Waals surface area contributed by atoms with Gasteiger partial charge in [0.25, 0.3) is 0 Å². The molecule has 1 aliphatic rings. The predicted molar refractivity (Wildman–Crippen MR) is 58.9 cm³/mol. The van der Waals surface area contributed by atoms with E-state index < -0.39 is 0 Å². The number of ketones is 1. The Bertz CT molecular complexity index is 559. The molecule has 2 aromatic heterocycles. The zero-order valence-corrected chi connectivity index (χ0v) is 8.92. The van der Waals surface area contributed by atoms with Gasteiger partial charge >= 0.3 is 0 Å². The second-order valence-electron chi connectivity index (χ2n) is 4.07. The van der Waals surface area contributed by atoms with E-state index in [2.05, 4.69) is 9.97 Å². The number of carbonyl (C=O) groups excluding carboxylic acids is 1. The highest BCUT2D eigenvalue weighted by Gasteiger charge is 2.28. The minimum absolute atomic E-state index is 0.0907. The lowest BCUT2D eigenvalue weighted by Gasteiger charge is -2.12. The molecule has 3 heterocycles. The summed E-state index contributed by atoms with van der Waals surface area (Å²) in [7, 11) is 0. The van der Waals surface area contributed by atoms with Crippen molar-refractivity contribution in [3.63, 3.8) is 0 Å². The molecule has 1 atom stereocenters. The van der Waals surface area contributed by atoms with Gasteiger partial charge in [0, 0.05) is 24.4 Å². The van der Waals surface area contributed by atoms with E-state index in [0.717, 1.165) is 11.3 Å². The van der Waals surface area contributed by atoms with Crippen molar-refractivity contribution in [3.8, 4) is 11.3 Å². The number of nitrogens with zero attached hydrogens (tertiary/aromatic N) is 3. The Morgan fingerprint density at radius 2 is 2.31 bits per heavy atom.